The highest BCUT2D eigenvalue weighted by molar-refractivity contribution is 6.05. The first-order chi connectivity index (χ1) is 11.2. The first kappa shape index (κ1) is 13.5. The van der Waals surface area contributed by atoms with E-state index in [1.54, 1.807) is 30.3 Å². The molecule has 23 heavy (non-hydrogen) atoms. The number of benzene rings is 4. The lowest BCUT2D eigenvalue weighted by atomic mass is 9.94. The summed E-state index contributed by atoms with van der Waals surface area (Å²) in [7, 11) is 0. The highest BCUT2D eigenvalue weighted by Gasteiger charge is 2.15. The minimum Gasteiger partial charge on any atom is -0.507 e. The molecule has 0 saturated carbocycles. The lowest BCUT2D eigenvalue weighted by molar-refractivity contribution is 0.471. The zero-order valence-corrected chi connectivity index (χ0v) is 12.2. The number of aromatic hydroxyl groups is 3. The van der Waals surface area contributed by atoms with Gasteiger partial charge in [-0.3, -0.25) is 0 Å². The molecule has 3 nitrogen and oxygen atoms in total. The van der Waals surface area contributed by atoms with Crippen LogP contribution in [0.2, 0.25) is 0 Å². The number of rotatable bonds is 1. The Morgan fingerprint density at radius 1 is 0.478 bits per heavy atom. The molecule has 0 aliphatic carbocycles. The van der Waals surface area contributed by atoms with Gasteiger partial charge in [0, 0.05) is 21.7 Å². The zero-order chi connectivity index (χ0) is 16.0. The van der Waals surface area contributed by atoms with Gasteiger partial charge in [-0.05, 0) is 29.1 Å². The minimum absolute atomic E-state index is 0.116. The van der Waals surface area contributed by atoms with Crippen molar-refractivity contribution in [3.8, 4) is 28.4 Å². The Hall–Kier alpha value is -3.20. The fraction of sp³-hybridized carbons (Fsp3) is 0. The number of phenols is 3. The predicted molar refractivity (Wildman–Crippen MR) is 91.9 cm³/mol. The monoisotopic (exact) mass is 302 g/mol. The van der Waals surface area contributed by atoms with Crippen LogP contribution in [0.5, 0.6) is 17.2 Å². The molecule has 0 spiro atoms. The van der Waals surface area contributed by atoms with E-state index in [1.807, 2.05) is 36.4 Å². The van der Waals surface area contributed by atoms with Crippen LogP contribution in [-0.4, -0.2) is 15.3 Å². The van der Waals surface area contributed by atoms with E-state index in [-0.39, 0.29) is 17.2 Å². The third-order valence-electron chi connectivity index (χ3n) is 4.19. The first-order valence-corrected chi connectivity index (χ1v) is 7.31. The van der Waals surface area contributed by atoms with Crippen LogP contribution in [-0.2, 0) is 0 Å². The Morgan fingerprint density at radius 3 is 1.74 bits per heavy atom. The van der Waals surface area contributed by atoms with Gasteiger partial charge < -0.3 is 15.3 Å². The molecule has 112 valence electrons. The van der Waals surface area contributed by atoms with Crippen LogP contribution in [0.15, 0.2) is 66.7 Å². The van der Waals surface area contributed by atoms with Crippen molar-refractivity contribution >= 4 is 21.5 Å². The molecule has 0 aliphatic heterocycles. The third kappa shape index (κ3) is 1.98. The molecule has 0 aliphatic rings. The van der Waals surface area contributed by atoms with Crippen molar-refractivity contribution in [2.75, 3.05) is 0 Å². The summed E-state index contributed by atoms with van der Waals surface area (Å²) in [6, 6.07) is 19.5. The molecule has 0 bridgehead atoms. The van der Waals surface area contributed by atoms with Gasteiger partial charge in [0.2, 0.25) is 0 Å². The molecule has 4 rings (SSSR count). The fourth-order valence-corrected chi connectivity index (χ4v) is 3.06. The Morgan fingerprint density at radius 2 is 1.04 bits per heavy atom. The Kier molecular flexibility index (Phi) is 2.88. The highest BCUT2D eigenvalue weighted by Crippen LogP contribution is 2.43. The predicted octanol–water partition coefficient (Wildman–Crippen LogP) is 4.78. The third-order valence-corrected chi connectivity index (χ3v) is 4.19. The first-order valence-electron chi connectivity index (χ1n) is 7.31. The van der Waals surface area contributed by atoms with Crippen molar-refractivity contribution in [2.24, 2.45) is 0 Å². The van der Waals surface area contributed by atoms with E-state index in [4.69, 9.17) is 0 Å². The van der Waals surface area contributed by atoms with Gasteiger partial charge in [0.1, 0.15) is 17.2 Å². The summed E-state index contributed by atoms with van der Waals surface area (Å²) >= 11 is 0. The van der Waals surface area contributed by atoms with Gasteiger partial charge in [-0.1, -0.05) is 48.5 Å². The van der Waals surface area contributed by atoms with Crippen molar-refractivity contribution in [1.29, 1.82) is 0 Å². The second-order valence-electron chi connectivity index (χ2n) is 5.52. The van der Waals surface area contributed by atoms with Crippen LogP contribution >= 0.6 is 0 Å². The molecular weight excluding hydrogens is 288 g/mol. The van der Waals surface area contributed by atoms with Crippen molar-refractivity contribution < 1.29 is 15.3 Å². The van der Waals surface area contributed by atoms with Crippen LogP contribution in [0.3, 0.4) is 0 Å². The van der Waals surface area contributed by atoms with Crippen LogP contribution in [0.25, 0.3) is 32.7 Å². The molecule has 0 aromatic heterocycles. The molecule has 0 atom stereocenters. The second-order valence-corrected chi connectivity index (χ2v) is 5.52. The maximum absolute atomic E-state index is 10.7. The zero-order valence-electron chi connectivity index (χ0n) is 12.2. The van der Waals surface area contributed by atoms with E-state index in [2.05, 4.69) is 0 Å². The normalized spacial score (nSPS) is 11.1. The van der Waals surface area contributed by atoms with E-state index in [1.165, 1.54) is 0 Å². The summed E-state index contributed by atoms with van der Waals surface area (Å²) in [5, 5.41) is 33.7. The SMILES string of the molecule is Oc1ccc(-c2cc(O)c3ccccc3c2O)c2ccccc12. The summed E-state index contributed by atoms with van der Waals surface area (Å²) in [6.45, 7) is 0. The topological polar surface area (TPSA) is 60.7 Å². The van der Waals surface area contributed by atoms with Crippen LogP contribution in [0, 0.1) is 0 Å². The standard InChI is InChI=1S/C20H14O3/c21-18-10-9-13(12-5-1-2-6-14(12)18)17-11-19(22)15-7-3-4-8-16(15)20(17)23/h1-11,21-23H. The van der Waals surface area contributed by atoms with Crippen molar-refractivity contribution in [3.05, 3.63) is 66.7 Å². The largest absolute Gasteiger partial charge is 0.507 e. The molecule has 4 aromatic carbocycles. The molecule has 0 amide bonds. The van der Waals surface area contributed by atoms with Crippen molar-refractivity contribution in [3.63, 3.8) is 0 Å². The summed E-state index contributed by atoms with van der Waals surface area (Å²) < 4.78 is 0. The molecule has 0 fully saturated rings. The average Bonchev–Trinajstić information content (AvgIpc) is 2.59. The van der Waals surface area contributed by atoms with Gasteiger partial charge in [-0.2, -0.15) is 0 Å². The van der Waals surface area contributed by atoms with Crippen LogP contribution in [0.4, 0.5) is 0 Å². The van der Waals surface area contributed by atoms with Gasteiger partial charge in [0.05, 0.1) is 0 Å². The maximum atomic E-state index is 10.7. The summed E-state index contributed by atoms with van der Waals surface area (Å²) in [5.74, 6) is 0.425. The summed E-state index contributed by atoms with van der Waals surface area (Å²) in [6.07, 6.45) is 0. The lowest BCUT2D eigenvalue weighted by Crippen LogP contribution is -1.85. The van der Waals surface area contributed by atoms with E-state index < -0.39 is 0 Å². The number of hydrogen-bond acceptors (Lipinski definition) is 3. The summed E-state index contributed by atoms with van der Waals surface area (Å²) in [4.78, 5) is 0. The molecule has 0 heterocycles. The van der Waals surface area contributed by atoms with E-state index in [0.29, 0.717) is 21.7 Å². The van der Waals surface area contributed by atoms with Gasteiger partial charge in [0.15, 0.2) is 0 Å². The minimum atomic E-state index is 0.116. The van der Waals surface area contributed by atoms with E-state index in [0.717, 1.165) is 10.9 Å². The maximum Gasteiger partial charge on any atom is 0.131 e. The summed E-state index contributed by atoms with van der Waals surface area (Å²) in [5.41, 5.74) is 1.30. The number of phenolic OH excluding ortho intramolecular Hbond substituents is 3. The van der Waals surface area contributed by atoms with Crippen molar-refractivity contribution in [1.82, 2.24) is 0 Å². The quantitative estimate of drug-likeness (QED) is 0.444. The van der Waals surface area contributed by atoms with Crippen LogP contribution in [0.1, 0.15) is 0 Å². The number of hydrogen-bond donors (Lipinski definition) is 3. The molecule has 0 saturated heterocycles. The highest BCUT2D eigenvalue weighted by atomic mass is 16.3. The Labute approximate surface area is 132 Å². The second kappa shape index (κ2) is 4.92. The molecule has 3 N–H and O–H groups in total. The fourth-order valence-electron chi connectivity index (χ4n) is 3.06. The molecule has 0 unspecified atom stereocenters. The molecule has 4 aromatic rings. The smallest absolute Gasteiger partial charge is 0.131 e. The van der Waals surface area contributed by atoms with Crippen LogP contribution < -0.4 is 0 Å². The molecular formula is C20H14O3. The Bertz CT molecular complexity index is 1050. The van der Waals surface area contributed by atoms with E-state index in [9.17, 15) is 15.3 Å². The van der Waals surface area contributed by atoms with Gasteiger partial charge in [-0.25, -0.2) is 0 Å². The van der Waals surface area contributed by atoms with E-state index >= 15 is 0 Å². The van der Waals surface area contributed by atoms with Gasteiger partial charge >= 0.3 is 0 Å². The molecule has 0 radical (unpaired) electrons. The Balaban J connectivity index is 2.12. The van der Waals surface area contributed by atoms with Crippen molar-refractivity contribution in [2.45, 2.75) is 0 Å². The lowest BCUT2D eigenvalue weighted by Gasteiger charge is -2.13. The molecule has 3 heteroatoms. The average molecular weight is 302 g/mol. The number of fused-ring (bicyclic) bond motifs is 2. The van der Waals surface area contributed by atoms with Gasteiger partial charge in [-0.15, -0.1) is 0 Å². The van der Waals surface area contributed by atoms with Gasteiger partial charge in [0.25, 0.3) is 0 Å².